The Hall–Kier alpha value is -2.92. The smallest absolute Gasteiger partial charge is 0.255 e. The largest absolute Gasteiger partial charge is 0.322 e. The predicted molar refractivity (Wildman–Crippen MR) is 112 cm³/mol. The zero-order chi connectivity index (χ0) is 19.0. The Kier molecular flexibility index (Phi) is 4.54. The van der Waals surface area contributed by atoms with Crippen molar-refractivity contribution < 1.29 is 4.79 Å². The van der Waals surface area contributed by atoms with Crippen molar-refractivity contribution in [1.29, 1.82) is 0 Å². The lowest BCUT2D eigenvalue weighted by Gasteiger charge is -2.10. The number of hydrogen-bond acceptors (Lipinski definition) is 2. The number of rotatable bonds is 3. The molecule has 0 bridgehead atoms. The number of hydrogen-bond donors (Lipinski definition) is 1. The molecule has 134 valence electrons. The van der Waals surface area contributed by atoms with Crippen LogP contribution in [-0.4, -0.2) is 15.3 Å². The van der Waals surface area contributed by atoms with E-state index >= 15 is 0 Å². The number of halogens is 1. The van der Waals surface area contributed by atoms with E-state index in [2.05, 4.69) is 21.2 Å². The first kappa shape index (κ1) is 17.5. The lowest BCUT2D eigenvalue weighted by atomic mass is 10.1. The minimum absolute atomic E-state index is 0.137. The Labute approximate surface area is 166 Å². The zero-order valence-electron chi connectivity index (χ0n) is 15.0. The maximum absolute atomic E-state index is 12.6. The zero-order valence-corrected chi connectivity index (χ0v) is 16.6. The molecular weight excluding hydrogens is 402 g/mol. The molecular formula is C22H18BrN3O. The van der Waals surface area contributed by atoms with Crippen LogP contribution in [0.4, 0.5) is 5.69 Å². The van der Waals surface area contributed by atoms with Crippen molar-refractivity contribution in [3.05, 3.63) is 88.2 Å². The van der Waals surface area contributed by atoms with E-state index in [-0.39, 0.29) is 5.91 Å². The van der Waals surface area contributed by atoms with Gasteiger partial charge in [-0.2, -0.15) is 0 Å². The van der Waals surface area contributed by atoms with Crippen LogP contribution in [0.25, 0.3) is 16.9 Å². The summed E-state index contributed by atoms with van der Waals surface area (Å²) in [5.74, 6) is -0.137. The third-order valence-corrected chi connectivity index (χ3v) is 5.04. The molecule has 0 fully saturated rings. The van der Waals surface area contributed by atoms with Crippen LogP contribution in [-0.2, 0) is 0 Å². The standard InChI is InChI=1S/C22H18BrN3O/c1-14-8-9-16(20-13-26-10-4-5-15(2)21(26)24-20)12-19(14)25-22(27)17-6-3-7-18(23)11-17/h3-13H,1-2H3,(H,25,27). The highest BCUT2D eigenvalue weighted by molar-refractivity contribution is 9.10. The molecule has 0 spiro atoms. The molecule has 1 amide bonds. The number of carbonyl (C=O) groups excluding carboxylic acids is 1. The Morgan fingerprint density at radius 3 is 2.67 bits per heavy atom. The molecule has 1 N–H and O–H groups in total. The number of anilines is 1. The Morgan fingerprint density at radius 2 is 1.89 bits per heavy atom. The SMILES string of the molecule is Cc1ccc(-c2cn3cccc(C)c3n2)cc1NC(=O)c1cccc(Br)c1. The van der Waals surface area contributed by atoms with Gasteiger partial charge in [-0.05, 0) is 55.3 Å². The van der Waals surface area contributed by atoms with Gasteiger partial charge in [-0.1, -0.05) is 40.2 Å². The summed E-state index contributed by atoms with van der Waals surface area (Å²) in [4.78, 5) is 17.3. The molecule has 0 unspecified atom stereocenters. The van der Waals surface area contributed by atoms with Crippen molar-refractivity contribution in [3.8, 4) is 11.3 Å². The molecule has 27 heavy (non-hydrogen) atoms. The highest BCUT2D eigenvalue weighted by Gasteiger charge is 2.11. The summed E-state index contributed by atoms with van der Waals surface area (Å²) in [5.41, 5.74) is 6.30. The van der Waals surface area contributed by atoms with Crippen molar-refractivity contribution >= 4 is 33.2 Å². The van der Waals surface area contributed by atoms with Crippen LogP contribution in [0, 0.1) is 13.8 Å². The fraction of sp³-hybridized carbons (Fsp3) is 0.0909. The van der Waals surface area contributed by atoms with Crippen LogP contribution in [0.15, 0.2) is 71.5 Å². The maximum Gasteiger partial charge on any atom is 0.255 e. The molecule has 5 heteroatoms. The van der Waals surface area contributed by atoms with Gasteiger partial charge in [-0.25, -0.2) is 4.98 Å². The van der Waals surface area contributed by atoms with Crippen LogP contribution >= 0.6 is 15.9 Å². The van der Waals surface area contributed by atoms with Gasteiger partial charge in [-0.15, -0.1) is 0 Å². The highest BCUT2D eigenvalue weighted by Crippen LogP contribution is 2.26. The second kappa shape index (κ2) is 7.00. The van der Waals surface area contributed by atoms with E-state index < -0.39 is 0 Å². The molecule has 0 saturated carbocycles. The van der Waals surface area contributed by atoms with E-state index in [0.717, 1.165) is 38.2 Å². The molecule has 4 rings (SSSR count). The van der Waals surface area contributed by atoms with Crippen molar-refractivity contribution in [3.63, 3.8) is 0 Å². The molecule has 4 aromatic rings. The summed E-state index contributed by atoms with van der Waals surface area (Å²) in [5, 5.41) is 3.01. The average Bonchev–Trinajstić information content (AvgIpc) is 3.09. The normalized spacial score (nSPS) is 10.9. The van der Waals surface area contributed by atoms with E-state index in [1.165, 1.54) is 0 Å². The van der Waals surface area contributed by atoms with Gasteiger partial charge >= 0.3 is 0 Å². The number of fused-ring (bicyclic) bond motifs is 1. The number of aryl methyl sites for hydroxylation is 2. The summed E-state index contributed by atoms with van der Waals surface area (Å²) in [6.07, 6.45) is 4.00. The lowest BCUT2D eigenvalue weighted by molar-refractivity contribution is 0.102. The van der Waals surface area contributed by atoms with Crippen LogP contribution in [0.1, 0.15) is 21.5 Å². The third kappa shape index (κ3) is 3.51. The molecule has 2 heterocycles. The van der Waals surface area contributed by atoms with Crippen LogP contribution < -0.4 is 5.32 Å². The first-order chi connectivity index (χ1) is 13.0. The van der Waals surface area contributed by atoms with Crippen molar-refractivity contribution in [2.75, 3.05) is 5.32 Å². The van der Waals surface area contributed by atoms with Gasteiger partial charge in [0.2, 0.25) is 0 Å². The number of benzene rings is 2. The number of aromatic nitrogens is 2. The summed E-state index contributed by atoms with van der Waals surface area (Å²) in [7, 11) is 0. The molecule has 0 atom stereocenters. The lowest BCUT2D eigenvalue weighted by Crippen LogP contribution is -2.12. The quantitative estimate of drug-likeness (QED) is 0.467. The van der Waals surface area contributed by atoms with Crippen LogP contribution in [0.2, 0.25) is 0 Å². The van der Waals surface area contributed by atoms with Gasteiger partial charge in [0.05, 0.1) is 5.69 Å². The van der Waals surface area contributed by atoms with E-state index in [1.807, 2.05) is 73.1 Å². The number of amides is 1. The summed E-state index contributed by atoms with van der Waals surface area (Å²) >= 11 is 3.40. The van der Waals surface area contributed by atoms with E-state index in [1.54, 1.807) is 12.1 Å². The predicted octanol–water partition coefficient (Wildman–Crippen LogP) is 5.63. The topological polar surface area (TPSA) is 46.4 Å². The van der Waals surface area contributed by atoms with Crippen molar-refractivity contribution in [2.24, 2.45) is 0 Å². The number of nitrogens with zero attached hydrogens (tertiary/aromatic N) is 2. The number of pyridine rings is 1. The first-order valence-electron chi connectivity index (χ1n) is 8.63. The highest BCUT2D eigenvalue weighted by atomic mass is 79.9. The third-order valence-electron chi connectivity index (χ3n) is 4.55. The second-order valence-corrected chi connectivity index (χ2v) is 7.46. The fourth-order valence-electron chi connectivity index (χ4n) is 3.03. The molecule has 0 radical (unpaired) electrons. The van der Waals surface area contributed by atoms with Gasteiger partial charge in [0, 0.05) is 33.7 Å². The van der Waals surface area contributed by atoms with Crippen LogP contribution in [0.3, 0.4) is 0 Å². The minimum atomic E-state index is -0.137. The van der Waals surface area contributed by atoms with E-state index in [9.17, 15) is 4.79 Å². The average molecular weight is 420 g/mol. The summed E-state index contributed by atoms with van der Waals surface area (Å²) in [6, 6.07) is 17.4. The number of nitrogens with one attached hydrogen (secondary N) is 1. The summed E-state index contributed by atoms with van der Waals surface area (Å²) < 4.78 is 2.89. The van der Waals surface area contributed by atoms with Crippen molar-refractivity contribution in [2.45, 2.75) is 13.8 Å². The maximum atomic E-state index is 12.6. The second-order valence-electron chi connectivity index (χ2n) is 6.54. The van der Waals surface area contributed by atoms with E-state index in [0.29, 0.717) is 5.56 Å². The van der Waals surface area contributed by atoms with Gasteiger partial charge in [0.1, 0.15) is 5.65 Å². The first-order valence-corrected chi connectivity index (χ1v) is 9.43. The fourth-order valence-corrected chi connectivity index (χ4v) is 3.43. The molecule has 0 aliphatic carbocycles. The minimum Gasteiger partial charge on any atom is -0.322 e. The number of imidazole rings is 1. The molecule has 0 saturated heterocycles. The summed E-state index contributed by atoms with van der Waals surface area (Å²) in [6.45, 7) is 4.03. The Balaban J connectivity index is 1.68. The molecule has 2 aromatic heterocycles. The molecule has 0 aliphatic heterocycles. The molecule has 4 nitrogen and oxygen atoms in total. The Morgan fingerprint density at radius 1 is 1.04 bits per heavy atom. The van der Waals surface area contributed by atoms with Gasteiger partial charge in [-0.3, -0.25) is 4.79 Å². The van der Waals surface area contributed by atoms with Gasteiger partial charge in [0.25, 0.3) is 5.91 Å². The Bertz CT molecular complexity index is 1160. The monoisotopic (exact) mass is 419 g/mol. The number of carbonyl (C=O) groups is 1. The molecule has 0 aliphatic rings. The van der Waals surface area contributed by atoms with Gasteiger partial charge < -0.3 is 9.72 Å². The molecule has 2 aromatic carbocycles. The van der Waals surface area contributed by atoms with Gasteiger partial charge in [0.15, 0.2) is 0 Å². The van der Waals surface area contributed by atoms with Crippen molar-refractivity contribution in [1.82, 2.24) is 9.38 Å². The van der Waals surface area contributed by atoms with E-state index in [4.69, 9.17) is 4.98 Å². The van der Waals surface area contributed by atoms with Crippen LogP contribution in [0.5, 0.6) is 0 Å².